The molecule has 0 N–H and O–H groups in total. The summed E-state index contributed by atoms with van der Waals surface area (Å²) in [5.41, 5.74) is 1.32. The Morgan fingerprint density at radius 2 is 2.36 bits per heavy atom. The molecule has 2 aromatic heterocycles. The molecule has 1 fully saturated rings. The second-order valence-electron chi connectivity index (χ2n) is 5.44. The van der Waals surface area contributed by atoms with Gasteiger partial charge in [0.2, 0.25) is 0 Å². The summed E-state index contributed by atoms with van der Waals surface area (Å²) in [5.74, 6) is -0.0390. The van der Waals surface area contributed by atoms with Gasteiger partial charge in [-0.2, -0.15) is 0 Å². The van der Waals surface area contributed by atoms with Crippen LogP contribution in [0.1, 0.15) is 29.9 Å². The second-order valence-corrected chi connectivity index (χ2v) is 6.21. The molecule has 0 aliphatic carbocycles. The molecular weight excluding hydrogens is 302 g/mol. The van der Waals surface area contributed by atoms with E-state index >= 15 is 0 Å². The fraction of sp³-hybridized carbons (Fsp3) is 0.533. The van der Waals surface area contributed by atoms with E-state index in [1.54, 1.807) is 6.20 Å². The summed E-state index contributed by atoms with van der Waals surface area (Å²) in [6, 6.07) is 1.98. The lowest BCUT2D eigenvalue weighted by atomic mass is 9.97. The van der Waals surface area contributed by atoms with Gasteiger partial charge in [0.25, 0.3) is 0 Å². The zero-order valence-electron chi connectivity index (χ0n) is 12.9. The third kappa shape index (κ3) is 2.59. The van der Waals surface area contributed by atoms with Crippen LogP contribution in [-0.2, 0) is 9.47 Å². The molecule has 7 heteroatoms. The van der Waals surface area contributed by atoms with Gasteiger partial charge >= 0.3 is 5.97 Å². The summed E-state index contributed by atoms with van der Waals surface area (Å²) in [6.45, 7) is 3.51. The number of aromatic nitrogens is 3. The Labute approximate surface area is 133 Å². The van der Waals surface area contributed by atoms with Crippen LogP contribution in [0.3, 0.4) is 0 Å². The average molecular weight is 321 g/mol. The molecule has 0 radical (unpaired) electrons. The Morgan fingerprint density at radius 1 is 1.55 bits per heavy atom. The number of hydrogen-bond acceptors (Lipinski definition) is 6. The maximum absolute atomic E-state index is 12.2. The van der Waals surface area contributed by atoms with Gasteiger partial charge in [0.15, 0.2) is 5.16 Å². The Bertz CT molecular complexity index is 701. The minimum atomic E-state index is -0.345. The summed E-state index contributed by atoms with van der Waals surface area (Å²) in [6.07, 6.45) is 4.56. The van der Waals surface area contributed by atoms with Crippen molar-refractivity contribution < 1.29 is 14.3 Å². The van der Waals surface area contributed by atoms with Gasteiger partial charge < -0.3 is 14.0 Å². The van der Waals surface area contributed by atoms with Gasteiger partial charge in [0.1, 0.15) is 11.3 Å². The molecule has 118 valence electrons. The first-order chi connectivity index (χ1) is 10.7. The molecule has 3 rings (SSSR count). The van der Waals surface area contributed by atoms with Crippen LogP contribution in [0.2, 0.25) is 0 Å². The van der Waals surface area contributed by atoms with E-state index < -0.39 is 0 Å². The summed E-state index contributed by atoms with van der Waals surface area (Å²) in [7, 11) is 1.40. The van der Waals surface area contributed by atoms with Crippen molar-refractivity contribution in [1.82, 2.24) is 14.5 Å². The normalized spacial score (nSPS) is 22.0. The van der Waals surface area contributed by atoms with E-state index in [0.29, 0.717) is 30.0 Å². The molecule has 0 bridgehead atoms. The molecule has 1 aliphatic rings. The predicted octanol–water partition coefficient (Wildman–Crippen LogP) is 2.54. The molecule has 0 saturated carbocycles. The highest BCUT2D eigenvalue weighted by Gasteiger charge is 2.29. The van der Waals surface area contributed by atoms with Gasteiger partial charge in [-0.25, -0.2) is 14.8 Å². The maximum Gasteiger partial charge on any atom is 0.354 e. The van der Waals surface area contributed by atoms with Gasteiger partial charge in [-0.15, -0.1) is 0 Å². The highest BCUT2D eigenvalue weighted by Crippen LogP contribution is 2.33. The van der Waals surface area contributed by atoms with Crippen LogP contribution >= 0.6 is 11.8 Å². The van der Waals surface area contributed by atoms with Crippen molar-refractivity contribution >= 4 is 28.8 Å². The third-order valence-electron chi connectivity index (χ3n) is 4.06. The molecule has 1 saturated heterocycles. The smallest absolute Gasteiger partial charge is 0.354 e. The highest BCUT2D eigenvalue weighted by molar-refractivity contribution is 7.98. The van der Waals surface area contributed by atoms with Crippen molar-refractivity contribution in [2.45, 2.75) is 24.5 Å². The first kappa shape index (κ1) is 15.3. The predicted molar refractivity (Wildman–Crippen MR) is 84.3 cm³/mol. The maximum atomic E-state index is 12.2. The molecule has 2 aromatic rings. The molecule has 22 heavy (non-hydrogen) atoms. The zero-order chi connectivity index (χ0) is 15.7. The van der Waals surface area contributed by atoms with Gasteiger partial charge in [0.05, 0.1) is 13.7 Å². The van der Waals surface area contributed by atoms with Crippen molar-refractivity contribution in [3.05, 3.63) is 18.0 Å². The van der Waals surface area contributed by atoms with Crippen LogP contribution < -0.4 is 0 Å². The summed E-state index contributed by atoms with van der Waals surface area (Å²) in [4.78, 5) is 21.1. The van der Waals surface area contributed by atoms with Gasteiger partial charge in [-0.05, 0) is 18.7 Å². The van der Waals surface area contributed by atoms with Crippen LogP contribution in [0.15, 0.2) is 17.4 Å². The van der Waals surface area contributed by atoms with E-state index in [2.05, 4.69) is 16.9 Å². The lowest BCUT2D eigenvalue weighted by Gasteiger charge is -2.31. The zero-order valence-corrected chi connectivity index (χ0v) is 13.7. The molecule has 2 atom stereocenters. The van der Waals surface area contributed by atoms with Crippen LogP contribution in [0, 0.1) is 5.92 Å². The highest BCUT2D eigenvalue weighted by atomic mass is 32.2. The van der Waals surface area contributed by atoms with Gasteiger partial charge in [-0.3, -0.25) is 0 Å². The molecular formula is C15H19N3O3S. The fourth-order valence-electron chi connectivity index (χ4n) is 2.94. The summed E-state index contributed by atoms with van der Waals surface area (Å²) in [5, 5.41) is 1.56. The Hall–Kier alpha value is -1.60. The SMILES string of the molecule is COC(=O)c1cc2cnc(SC)nc2n1[C@@H]1CCOC[C@H]1C. The van der Waals surface area contributed by atoms with E-state index in [1.807, 2.05) is 16.9 Å². The number of hydrogen-bond donors (Lipinski definition) is 0. The van der Waals surface area contributed by atoms with Gasteiger partial charge in [0, 0.05) is 30.1 Å². The number of carbonyl (C=O) groups is 1. The van der Waals surface area contributed by atoms with E-state index in [4.69, 9.17) is 9.47 Å². The number of thioether (sulfide) groups is 1. The Balaban J connectivity index is 2.20. The first-order valence-corrected chi connectivity index (χ1v) is 8.46. The van der Waals surface area contributed by atoms with E-state index in [0.717, 1.165) is 17.5 Å². The van der Waals surface area contributed by atoms with E-state index in [1.165, 1.54) is 18.9 Å². The number of methoxy groups -OCH3 is 1. The lowest BCUT2D eigenvalue weighted by molar-refractivity contribution is 0.0273. The summed E-state index contributed by atoms with van der Waals surface area (Å²) >= 11 is 1.49. The standard InChI is InChI=1S/C15H19N3O3S/c1-9-8-21-5-4-11(9)18-12(14(19)20-2)6-10-7-16-15(22-3)17-13(10)18/h6-7,9,11H,4-5,8H2,1-3H3/t9-,11-/m1/s1. The molecule has 0 aromatic carbocycles. The van der Waals surface area contributed by atoms with Crippen LogP contribution in [-0.4, -0.2) is 47.1 Å². The third-order valence-corrected chi connectivity index (χ3v) is 4.62. The molecule has 3 heterocycles. The van der Waals surface area contributed by atoms with E-state index in [9.17, 15) is 4.79 Å². The van der Waals surface area contributed by atoms with Crippen LogP contribution in [0.5, 0.6) is 0 Å². The number of ether oxygens (including phenoxy) is 2. The van der Waals surface area contributed by atoms with E-state index in [-0.39, 0.29) is 12.0 Å². The fourth-order valence-corrected chi connectivity index (χ4v) is 3.28. The first-order valence-electron chi connectivity index (χ1n) is 7.23. The van der Waals surface area contributed by atoms with Crippen molar-refractivity contribution in [2.24, 2.45) is 5.92 Å². The number of carbonyl (C=O) groups excluding carboxylic acids is 1. The number of nitrogens with zero attached hydrogens (tertiary/aromatic N) is 3. The van der Waals surface area contributed by atoms with Crippen molar-refractivity contribution in [3.63, 3.8) is 0 Å². The van der Waals surface area contributed by atoms with Crippen LogP contribution in [0.25, 0.3) is 11.0 Å². The van der Waals surface area contributed by atoms with Crippen LogP contribution in [0.4, 0.5) is 0 Å². The Morgan fingerprint density at radius 3 is 3.05 bits per heavy atom. The lowest BCUT2D eigenvalue weighted by Crippen LogP contribution is -2.30. The largest absolute Gasteiger partial charge is 0.464 e. The number of esters is 1. The second kappa shape index (κ2) is 6.26. The van der Waals surface area contributed by atoms with Crippen molar-refractivity contribution in [3.8, 4) is 0 Å². The number of rotatable bonds is 3. The summed E-state index contributed by atoms with van der Waals surface area (Å²) < 4.78 is 12.5. The quantitative estimate of drug-likeness (QED) is 0.492. The topological polar surface area (TPSA) is 66.2 Å². The number of fused-ring (bicyclic) bond motifs is 1. The average Bonchev–Trinajstić information content (AvgIpc) is 2.92. The molecule has 0 spiro atoms. The minimum absolute atomic E-state index is 0.171. The van der Waals surface area contributed by atoms with Crippen molar-refractivity contribution in [1.29, 1.82) is 0 Å². The molecule has 0 amide bonds. The molecule has 6 nitrogen and oxygen atoms in total. The Kier molecular flexibility index (Phi) is 4.35. The molecule has 1 aliphatic heterocycles. The minimum Gasteiger partial charge on any atom is -0.464 e. The monoisotopic (exact) mass is 321 g/mol. The van der Waals surface area contributed by atoms with Gasteiger partial charge in [-0.1, -0.05) is 18.7 Å². The molecule has 0 unspecified atom stereocenters. The van der Waals surface area contributed by atoms with Crippen molar-refractivity contribution in [2.75, 3.05) is 26.6 Å².